The van der Waals surface area contributed by atoms with Crippen LogP contribution in [0.3, 0.4) is 0 Å². The molecule has 3 nitrogen and oxygen atoms in total. The van der Waals surface area contributed by atoms with Gasteiger partial charge < -0.3 is 15.2 Å². The molecule has 0 amide bonds. The van der Waals surface area contributed by atoms with Crippen LogP contribution in [0.4, 0.5) is 0 Å². The Hall–Kier alpha value is -1.03. The minimum Gasteiger partial charge on any atom is -0.356 e. The average Bonchev–Trinajstić information content (AvgIpc) is 2.82. The van der Waals surface area contributed by atoms with Crippen LogP contribution in [0.1, 0.15) is 25.0 Å². The summed E-state index contributed by atoms with van der Waals surface area (Å²) in [4.78, 5) is 5.94. The largest absolute Gasteiger partial charge is 0.356 e. The minimum atomic E-state index is 0.807. The molecule has 1 saturated heterocycles. The fourth-order valence-electron chi connectivity index (χ4n) is 2.92. The normalized spacial score (nSPS) is 16.9. The van der Waals surface area contributed by atoms with Gasteiger partial charge in [0.2, 0.25) is 0 Å². The number of aromatic nitrogens is 1. The Morgan fingerprint density at radius 2 is 1.95 bits per heavy atom. The van der Waals surface area contributed by atoms with E-state index in [-0.39, 0.29) is 0 Å². The second-order valence-electron chi connectivity index (χ2n) is 5.54. The van der Waals surface area contributed by atoms with E-state index in [0.29, 0.717) is 0 Å². The number of fused-ring (bicyclic) bond motifs is 1. The third kappa shape index (κ3) is 3.17. The Balaban J connectivity index is 1.51. The highest BCUT2D eigenvalue weighted by Gasteiger charge is 2.10. The molecule has 2 aromatic rings. The van der Waals surface area contributed by atoms with Crippen molar-refractivity contribution in [2.45, 2.75) is 25.8 Å². The Morgan fingerprint density at radius 1 is 1.15 bits per heavy atom. The molecule has 0 unspecified atom stereocenters. The van der Waals surface area contributed by atoms with Crippen LogP contribution in [0.25, 0.3) is 10.9 Å². The number of rotatable bonds is 5. The monoisotopic (exact) mass is 291 g/mol. The Labute approximate surface area is 125 Å². The van der Waals surface area contributed by atoms with Crippen LogP contribution in [-0.2, 0) is 6.54 Å². The fourth-order valence-corrected chi connectivity index (χ4v) is 3.20. The lowest BCUT2D eigenvalue weighted by Crippen LogP contribution is -2.35. The molecule has 4 heteroatoms. The molecule has 1 fully saturated rings. The third-order valence-corrected chi connectivity index (χ3v) is 4.50. The predicted octanol–water partition coefficient (Wildman–Crippen LogP) is 3.40. The van der Waals surface area contributed by atoms with Crippen molar-refractivity contribution in [1.82, 2.24) is 15.2 Å². The third-order valence-electron chi connectivity index (χ3n) is 4.07. The van der Waals surface area contributed by atoms with E-state index in [1.54, 1.807) is 0 Å². The van der Waals surface area contributed by atoms with Crippen molar-refractivity contribution in [3.63, 3.8) is 0 Å². The topological polar surface area (TPSA) is 31.1 Å². The first kappa shape index (κ1) is 13.9. The predicted molar refractivity (Wildman–Crippen MR) is 85.3 cm³/mol. The Bertz CT molecular complexity index is 558. The first-order valence-electron chi connectivity index (χ1n) is 7.53. The van der Waals surface area contributed by atoms with Gasteiger partial charge in [0, 0.05) is 36.2 Å². The molecule has 0 bridgehead atoms. The van der Waals surface area contributed by atoms with E-state index < -0.39 is 0 Å². The summed E-state index contributed by atoms with van der Waals surface area (Å²) in [5.74, 6) is 0. The van der Waals surface area contributed by atoms with E-state index in [9.17, 15) is 0 Å². The van der Waals surface area contributed by atoms with Gasteiger partial charge in [-0.1, -0.05) is 36.2 Å². The zero-order valence-electron chi connectivity index (χ0n) is 11.8. The van der Waals surface area contributed by atoms with Gasteiger partial charge in [-0.25, -0.2) is 0 Å². The number of para-hydroxylation sites is 1. The van der Waals surface area contributed by atoms with E-state index in [4.69, 9.17) is 11.6 Å². The van der Waals surface area contributed by atoms with Crippen LogP contribution in [0.2, 0.25) is 5.02 Å². The van der Waals surface area contributed by atoms with E-state index in [1.165, 1.54) is 32.4 Å². The van der Waals surface area contributed by atoms with Crippen molar-refractivity contribution in [3.8, 4) is 0 Å². The number of halogens is 1. The van der Waals surface area contributed by atoms with Crippen molar-refractivity contribution in [1.29, 1.82) is 0 Å². The maximum atomic E-state index is 6.40. The van der Waals surface area contributed by atoms with E-state index in [1.807, 2.05) is 12.1 Å². The van der Waals surface area contributed by atoms with Gasteiger partial charge in [0.05, 0.1) is 5.02 Å². The van der Waals surface area contributed by atoms with Gasteiger partial charge in [0.15, 0.2) is 0 Å². The van der Waals surface area contributed by atoms with Crippen LogP contribution in [0.5, 0.6) is 0 Å². The van der Waals surface area contributed by atoms with Gasteiger partial charge in [0.25, 0.3) is 0 Å². The fraction of sp³-hybridized carbons (Fsp3) is 0.500. The van der Waals surface area contributed by atoms with Gasteiger partial charge in [0.1, 0.15) is 0 Å². The standard InChI is InChI=1S/C16H22ClN3/c17-16-13-6-2-3-7-14(13)19-15(16)12-18-8-11-20-9-4-1-5-10-20/h2-3,6-7,18-19H,1,4-5,8-12H2. The van der Waals surface area contributed by atoms with E-state index >= 15 is 0 Å². The molecule has 1 aliphatic heterocycles. The number of nitrogens with zero attached hydrogens (tertiary/aromatic N) is 1. The molecule has 0 saturated carbocycles. The van der Waals surface area contributed by atoms with Gasteiger partial charge in [-0.2, -0.15) is 0 Å². The molecule has 2 heterocycles. The first-order valence-corrected chi connectivity index (χ1v) is 7.90. The first-order chi connectivity index (χ1) is 9.84. The smallest absolute Gasteiger partial charge is 0.0705 e. The summed E-state index contributed by atoms with van der Waals surface area (Å²) in [5.41, 5.74) is 2.21. The molecule has 2 N–H and O–H groups in total. The van der Waals surface area contributed by atoms with Crippen LogP contribution in [-0.4, -0.2) is 36.1 Å². The van der Waals surface area contributed by atoms with Gasteiger partial charge in [-0.15, -0.1) is 0 Å². The molecular weight excluding hydrogens is 270 g/mol. The number of benzene rings is 1. The lowest BCUT2D eigenvalue weighted by Gasteiger charge is -2.26. The van der Waals surface area contributed by atoms with Crippen LogP contribution >= 0.6 is 11.6 Å². The Morgan fingerprint density at radius 3 is 2.75 bits per heavy atom. The van der Waals surface area contributed by atoms with Gasteiger partial charge >= 0.3 is 0 Å². The van der Waals surface area contributed by atoms with Crippen molar-refractivity contribution in [3.05, 3.63) is 35.0 Å². The summed E-state index contributed by atoms with van der Waals surface area (Å²) in [5, 5.41) is 5.46. The lowest BCUT2D eigenvalue weighted by molar-refractivity contribution is 0.229. The number of likely N-dealkylation sites (tertiary alicyclic amines) is 1. The highest BCUT2D eigenvalue weighted by molar-refractivity contribution is 6.36. The molecule has 0 aliphatic carbocycles. The number of nitrogens with one attached hydrogen (secondary N) is 2. The molecule has 3 rings (SSSR count). The molecule has 0 radical (unpaired) electrons. The summed E-state index contributed by atoms with van der Waals surface area (Å²) in [6.45, 7) is 5.48. The van der Waals surface area contributed by atoms with Crippen LogP contribution < -0.4 is 5.32 Å². The molecule has 1 aromatic heterocycles. The molecule has 20 heavy (non-hydrogen) atoms. The molecule has 1 aliphatic rings. The van der Waals surface area contributed by atoms with Crippen molar-refractivity contribution in [2.24, 2.45) is 0 Å². The van der Waals surface area contributed by atoms with Crippen LogP contribution in [0, 0.1) is 0 Å². The number of H-pyrrole nitrogens is 1. The van der Waals surface area contributed by atoms with Gasteiger partial charge in [-0.05, 0) is 32.0 Å². The summed E-state index contributed by atoms with van der Waals surface area (Å²) in [6, 6.07) is 8.18. The zero-order chi connectivity index (χ0) is 13.8. The summed E-state index contributed by atoms with van der Waals surface area (Å²) in [7, 11) is 0. The van der Waals surface area contributed by atoms with Crippen LogP contribution in [0.15, 0.2) is 24.3 Å². The molecule has 0 spiro atoms. The maximum absolute atomic E-state index is 6.40. The average molecular weight is 292 g/mol. The second-order valence-corrected chi connectivity index (χ2v) is 5.92. The lowest BCUT2D eigenvalue weighted by atomic mass is 10.1. The summed E-state index contributed by atoms with van der Waals surface area (Å²) < 4.78 is 0. The highest BCUT2D eigenvalue weighted by atomic mass is 35.5. The maximum Gasteiger partial charge on any atom is 0.0705 e. The highest BCUT2D eigenvalue weighted by Crippen LogP contribution is 2.26. The van der Waals surface area contributed by atoms with Crippen molar-refractivity contribution >= 4 is 22.5 Å². The van der Waals surface area contributed by atoms with Crippen molar-refractivity contribution < 1.29 is 0 Å². The van der Waals surface area contributed by atoms with E-state index in [2.05, 4.69) is 27.3 Å². The molecule has 1 aromatic carbocycles. The van der Waals surface area contributed by atoms with Gasteiger partial charge in [-0.3, -0.25) is 0 Å². The quantitative estimate of drug-likeness (QED) is 0.827. The molecule has 108 valence electrons. The number of hydrogen-bond donors (Lipinski definition) is 2. The summed E-state index contributed by atoms with van der Waals surface area (Å²) >= 11 is 6.40. The zero-order valence-corrected chi connectivity index (χ0v) is 12.5. The molecule has 0 atom stereocenters. The molecular formula is C16H22ClN3. The second kappa shape index (κ2) is 6.61. The number of hydrogen-bond acceptors (Lipinski definition) is 2. The number of piperidine rings is 1. The van der Waals surface area contributed by atoms with E-state index in [0.717, 1.165) is 41.3 Å². The Kier molecular flexibility index (Phi) is 4.61. The SMILES string of the molecule is Clc1c(CNCCN2CCCCC2)[nH]c2ccccc12. The van der Waals surface area contributed by atoms with Crippen molar-refractivity contribution in [2.75, 3.05) is 26.2 Å². The number of aromatic amines is 1. The summed E-state index contributed by atoms with van der Waals surface area (Å²) in [6.07, 6.45) is 4.11. The minimum absolute atomic E-state index is 0.807.